The second-order valence-electron chi connectivity index (χ2n) is 5.36. The summed E-state index contributed by atoms with van der Waals surface area (Å²) in [5.74, 6) is 0.0948. The van der Waals surface area contributed by atoms with Crippen LogP contribution < -0.4 is 10.1 Å². The summed E-state index contributed by atoms with van der Waals surface area (Å²) in [6.45, 7) is 3.27. The molecule has 0 radical (unpaired) electrons. The number of nitrogens with one attached hydrogen (secondary N) is 1. The first-order valence-corrected chi connectivity index (χ1v) is 7.98. The van der Waals surface area contributed by atoms with Crippen LogP contribution in [0.2, 0.25) is 5.02 Å². The predicted octanol–water partition coefficient (Wildman–Crippen LogP) is 4.60. The summed E-state index contributed by atoms with van der Waals surface area (Å²) in [5, 5.41) is 3.73. The van der Waals surface area contributed by atoms with Crippen LogP contribution >= 0.6 is 27.5 Å². The molecule has 0 bridgehead atoms. The van der Waals surface area contributed by atoms with Crippen LogP contribution in [0.3, 0.4) is 0 Å². The molecule has 1 fully saturated rings. The average Bonchev–Trinajstić information content (AvgIpc) is 2.82. The lowest BCUT2D eigenvalue weighted by molar-refractivity contribution is -0.0498. The van der Waals surface area contributed by atoms with E-state index in [2.05, 4.69) is 44.7 Å². The molecule has 1 unspecified atom stereocenters. The standard InChI is InChI=1S/C14H18BrClF2N2O/c1-8(2)20-4-3-10(7-20)19-12-6-9(16)5-11(15)13(12)21-14(17)18/h5-6,8,10,14,19H,3-4,7H2,1-2H3. The number of rotatable bonds is 5. The molecule has 1 atom stereocenters. The molecule has 2 rings (SSSR count). The van der Waals surface area contributed by atoms with Crippen LogP contribution in [-0.2, 0) is 0 Å². The zero-order valence-corrected chi connectivity index (χ0v) is 14.2. The monoisotopic (exact) mass is 382 g/mol. The number of benzene rings is 1. The molecule has 0 spiro atoms. The van der Waals surface area contributed by atoms with E-state index in [1.807, 2.05) is 0 Å². The average molecular weight is 384 g/mol. The molecule has 3 nitrogen and oxygen atoms in total. The highest BCUT2D eigenvalue weighted by Crippen LogP contribution is 2.38. The lowest BCUT2D eigenvalue weighted by Crippen LogP contribution is -2.31. The Hall–Kier alpha value is -0.590. The summed E-state index contributed by atoms with van der Waals surface area (Å²) in [6.07, 6.45) is 0.955. The molecule has 0 amide bonds. The summed E-state index contributed by atoms with van der Waals surface area (Å²) < 4.78 is 30.1. The number of likely N-dealkylation sites (tertiary alicyclic amines) is 1. The zero-order valence-electron chi connectivity index (χ0n) is 11.9. The third-order valence-electron chi connectivity index (χ3n) is 3.52. The minimum Gasteiger partial charge on any atom is -0.431 e. The molecule has 0 saturated carbocycles. The molecule has 1 aromatic rings. The highest BCUT2D eigenvalue weighted by atomic mass is 79.9. The quantitative estimate of drug-likeness (QED) is 0.804. The molecule has 7 heteroatoms. The summed E-state index contributed by atoms with van der Waals surface area (Å²) in [6, 6.07) is 3.82. The zero-order chi connectivity index (χ0) is 15.6. The maximum absolute atomic E-state index is 12.6. The molecule has 1 aromatic carbocycles. The predicted molar refractivity (Wildman–Crippen MR) is 84.5 cm³/mol. The number of hydrogen-bond donors (Lipinski definition) is 1. The summed E-state index contributed by atoms with van der Waals surface area (Å²) in [7, 11) is 0. The molecule has 1 aliphatic rings. The first kappa shape index (κ1) is 16.8. The van der Waals surface area contributed by atoms with Crippen LogP contribution in [0.4, 0.5) is 14.5 Å². The van der Waals surface area contributed by atoms with Crippen LogP contribution in [0.1, 0.15) is 20.3 Å². The molecule has 1 heterocycles. The maximum atomic E-state index is 12.6. The second-order valence-corrected chi connectivity index (χ2v) is 6.65. The molecule has 0 aromatic heterocycles. The highest BCUT2D eigenvalue weighted by molar-refractivity contribution is 9.10. The largest absolute Gasteiger partial charge is 0.431 e. The van der Waals surface area contributed by atoms with Gasteiger partial charge in [0.2, 0.25) is 0 Å². The molecule has 0 aliphatic carbocycles. The van der Waals surface area contributed by atoms with Gasteiger partial charge >= 0.3 is 6.61 Å². The Labute approximate surface area is 136 Å². The number of nitrogens with zero attached hydrogens (tertiary/aromatic N) is 1. The third kappa shape index (κ3) is 4.44. The van der Waals surface area contributed by atoms with Crippen molar-refractivity contribution < 1.29 is 13.5 Å². The SMILES string of the molecule is CC(C)N1CCC(Nc2cc(Cl)cc(Br)c2OC(F)F)C1. The molecular weight excluding hydrogens is 366 g/mol. The number of hydrogen-bond acceptors (Lipinski definition) is 3. The van der Waals surface area contributed by atoms with Crippen molar-refractivity contribution in [1.82, 2.24) is 4.90 Å². The second kappa shape index (κ2) is 7.11. The van der Waals surface area contributed by atoms with Crippen molar-refractivity contribution in [2.45, 2.75) is 39.0 Å². The summed E-state index contributed by atoms with van der Waals surface area (Å²) in [4.78, 5) is 2.34. The summed E-state index contributed by atoms with van der Waals surface area (Å²) >= 11 is 9.22. The van der Waals surface area contributed by atoms with Gasteiger partial charge in [-0.3, -0.25) is 4.90 Å². The van der Waals surface area contributed by atoms with Gasteiger partial charge in [0.25, 0.3) is 0 Å². The normalized spacial score (nSPS) is 19.5. The van der Waals surface area contributed by atoms with Crippen molar-refractivity contribution in [2.75, 3.05) is 18.4 Å². The number of ether oxygens (including phenoxy) is 1. The van der Waals surface area contributed by atoms with Gasteiger partial charge in [0, 0.05) is 30.2 Å². The minimum atomic E-state index is -2.88. The van der Waals surface area contributed by atoms with Gasteiger partial charge in [-0.2, -0.15) is 8.78 Å². The van der Waals surface area contributed by atoms with Gasteiger partial charge in [0.1, 0.15) is 0 Å². The van der Waals surface area contributed by atoms with Crippen molar-refractivity contribution in [3.63, 3.8) is 0 Å². The lowest BCUT2D eigenvalue weighted by Gasteiger charge is -2.22. The van der Waals surface area contributed by atoms with Gasteiger partial charge in [0.15, 0.2) is 5.75 Å². The van der Waals surface area contributed by atoms with Crippen LogP contribution in [0.25, 0.3) is 0 Å². The first-order chi connectivity index (χ1) is 9.86. The lowest BCUT2D eigenvalue weighted by atomic mass is 10.2. The fourth-order valence-electron chi connectivity index (χ4n) is 2.47. The van der Waals surface area contributed by atoms with Crippen molar-refractivity contribution in [3.05, 3.63) is 21.6 Å². The Morgan fingerprint density at radius 3 is 2.71 bits per heavy atom. The Kier molecular flexibility index (Phi) is 5.68. The third-order valence-corrected chi connectivity index (χ3v) is 4.33. The molecular formula is C14H18BrClF2N2O. The molecule has 118 valence electrons. The first-order valence-electron chi connectivity index (χ1n) is 6.81. The van der Waals surface area contributed by atoms with Crippen LogP contribution in [0.5, 0.6) is 5.75 Å². The van der Waals surface area contributed by atoms with Crippen molar-refractivity contribution in [3.8, 4) is 5.75 Å². The van der Waals surface area contributed by atoms with Gasteiger partial charge in [-0.05, 0) is 48.3 Å². The number of alkyl halides is 2. The van der Waals surface area contributed by atoms with E-state index in [0.717, 1.165) is 19.5 Å². The Morgan fingerprint density at radius 2 is 2.14 bits per heavy atom. The Bertz CT molecular complexity index is 502. The molecule has 1 N–H and O–H groups in total. The van der Waals surface area contributed by atoms with E-state index < -0.39 is 6.61 Å². The van der Waals surface area contributed by atoms with Gasteiger partial charge in [0.05, 0.1) is 10.2 Å². The van der Waals surface area contributed by atoms with Crippen molar-refractivity contribution >= 4 is 33.2 Å². The Morgan fingerprint density at radius 1 is 1.43 bits per heavy atom. The van der Waals surface area contributed by atoms with E-state index in [4.69, 9.17) is 11.6 Å². The molecule has 1 aliphatic heterocycles. The molecule has 1 saturated heterocycles. The Balaban J connectivity index is 2.15. The van der Waals surface area contributed by atoms with Crippen LogP contribution in [0, 0.1) is 0 Å². The topological polar surface area (TPSA) is 24.5 Å². The van der Waals surface area contributed by atoms with E-state index in [-0.39, 0.29) is 11.8 Å². The number of halogens is 4. The fourth-order valence-corrected chi connectivity index (χ4v) is 3.37. The summed E-state index contributed by atoms with van der Waals surface area (Å²) in [5.41, 5.74) is 0.491. The van der Waals surface area contributed by atoms with Crippen molar-refractivity contribution in [1.29, 1.82) is 0 Å². The fraction of sp³-hybridized carbons (Fsp3) is 0.571. The van der Waals surface area contributed by atoms with Crippen LogP contribution in [-0.4, -0.2) is 36.7 Å². The maximum Gasteiger partial charge on any atom is 0.387 e. The smallest absolute Gasteiger partial charge is 0.387 e. The highest BCUT2D eigenvalue weighted by Gasteiger charge is 2.25. The molecule has 21 heavy (non-hydrogen) atoms. The van der Waals surface area contributed by atoms with E-state index in [1.54, 1.807) is 12.1 Å². The van der Waals surface area contributed by atoms with E-state index in [0.29, 0.717) is 21.2 Å². The van der Waals surface area contributed by atoms with Gasteiger partial charge in [-0.15, -0.1) is 0 Å². The van der Waals surface area contributed by atoms with Crippen molar-refractivity contribution in [2.24, 2.45) is 0 Å². The van der Waals surface area contributed by atoms with E-state index >= 15 is 0 Å². The van der Waals surface area contributed by atoms with Gasteiger partial charge < -0.3 is 10.1 Å². The van der Waals surface area contributed by atoms with Gasteiger partial charge in [-0.1, -0.05) is 11.6 Å². The van der Waals surface area contributed by atoms with Gasteiger partial charge in [-0.25, -0.2) is 0 Å². The van der Waals surface area contributed by atoms with E-state index in [1.165, 1.54) is 0 Å². The van der Waals surface area contributed by atoms with E-state index in [9.17, 15) is 8.78 Å². The van der Waals surface area contributed by atoms with Crippen LogP contribution in [0.15, 0.2) is 16.6 Å². The number of anilines is 1. The minimum absolute atomic E-state index is 0.0948.